The lowest BCUT2D eigenvalue weighted by Crippen LogP contribution is -2.59. The van der Waals surface area contributed by atoms with Crippen LogP contribution in [-0.2, 0) is 14.3 Å². The molecular weight excluding hydrogens is 531 g/mol. The minimum atomic E-state index is -0.0489. The lowest BCUT2D eigenvalue weighted by molar-refractivity contribution is -0.149. The largest absolute Gasteiger partial charge is 0.466 e. The molecule has 8 heteroatoms. The molecule has 1 heterocycles. The van der Waals surface area contributed by atoms with Crippen LogP contribution >= 0.6 is 24.0 Å². The molecule has 1 unspecified atom stereocenters. The Balaban J connectivity index is 0.00000385. The van der Waals surface area contributed by atoms with Gasteiger partial charge in [0.1, 0.15) is 0 Å². The van der Waals surface area contributed by atoms with Crippen LogP contribution in [0.15, 0.2) is 35.3 Å². The van der Waals surface area contributed by atoms with E-state index in [0.29, 0.717) is 12.6 Å². The van der Waals surface area contributed by atoms with Crippen molar-refractivity contribution in [2.75, 3.05) is 33.4 Å². The fourth-order valence-corrected chi connectivity index (χ4v) is 4.79. The molecule has 7 nitrogen and oxygen atoms in total. The third-order valence-electron chi connectivity index (χ3n) is 6.78. The Kier molecular flexibility index (Phi) is 11.9. The molecule has 0 bridgehead atoms. The fourth-order valence-electron chi connectivity index (χ4n) is 4.79. The monoisotopic (exact) mass is 572 g/mol. The molecule has 2 aliphatic rings. The van der Waals surface area contributed by atoms with Gasteiger partial charge in [-0.2, -0.15) is 0 Å². The molecule has 0 aromatic heterocycles. The number of rotatable bonds is 8. The number of hydrogen-bond donors (Lipinski definition) is 3. The number of aliphatic imine (C=N–C) groups is 1. The molecule has 1 aliphatic heterocycles. The van der Waals surface area contributed by atoms with Crippen molar-refractivity contribution < 1.29 is 14.3 Å². The zero-order chi connectivity index (χ0) is 22.8. The van der Waals surface area contributed by atoms with Gasteiger partial charge in [-0.3, -0.25) is 9.79 Å². The number of carbonyl (C=O) groups is 1. The van der Waals surface area contributed by atoms with Crippen LogP contribution in [-0.4, -0.2) is 56.9 Å². The summed E-state index contributed by atoms with van der Waals surface area (Å²) < 4.78 is 10.8. The standard InChI is InChI=1S/C25H40N4O3.HI/c1-4-32-23(30)21-10-12-22(13-11-21)28-24(26-3)27-18-25(14-16-31-17-15-25)29-19(2)20-8-6-5-7-9-20;/h5-9,19,21-22,29H,4,10-18H2,1-3H3,(H2,26,27,28);1H. The van der Waals surface area contributed by atoms with Crippen molar-refractivity contribution in [3.05, 3.63) is 35.9 Å². The first-order chi connectivity index (χ1) is 15.5. The van der Waals surface area contributed by atoms with Crippen LogP contribution in [0.5, 0.6) is 0 Å². The molecule has 1 aromatic carbocycles. The Morgan fingerprint density at radius 1 is 1.18 bits per heavy atom. The summed E-state index contributed by atoms with van der Waals surface area (Å²) in [5.41, 5.74) is 1.24. The topological polar surface area (TPSA) is 84.0 Å². The Bertz CT molecular complexity index is 732. The van der Waals surface area contributed by atoms with Gasteiger partial charge in [0.2, 0.25) is 0 Å². The highest BCUT2D eigenvalue weighted by Gasteiger charge is 2.34. The van der Waals surface area contributed by atoms with Gasteiger partial charge >= 0.3 is 5.97 Å². The van der Waals surface area contributed by atoms with E-state index in [1.807, 2.05) is 14.0 Å². The fraction of sp³-hybridized carbons (Fsp3) is 0.680. The van der Waals surface area contributed by atoms with E-state index < -0.39 is 0 Å². The summed E-state index contributed by atoms with van der Waals surface area (Å²) in [6.45, 7) is 6.85. The first kappa shape index (κ1) is 27.9. The van der Waals surface area contributed by atoms with Gasteiger partial charge in [0.15, 0.2) is 5.96 Å². The van der Waals surface area contributed by atoms with E-state index in [1.54, 1.807) is 0 Å². The van der Waals surface area contributed by atoms with Crippen LogP contribution in [0.25, 0.3) is 0 Å². The van der Waals surface area contributed by atoms with Crippen molar-refractivity contribution in [1.29, 1.82) is 0 Å². The summed E-state index contributed by atoms with van der Waals surface area (Å²) in [4.78, 5) is 16.5. The van der Waals surface area contributed by atoms with Gasteiger partial charge in [-0.25, -0.2) is 0 Å². The predicted molar refractivity (Wildman–Crippen MR) is 143 cm³/mol. The van der Waals surface area contributed by atoms with E-state index in [2.05, 4.69) is 58.2 Å². The highest BCUT2D eigenvalue weighted by molar-refractivity contribution is 14.0. The Labute approximate surface area is 215 Å². The molecule has 1 aromatic rings. The van der Waals surface area contributed by atoms with Crippen LogP contribution in [0.2, 0.25) is 0 Å². The van der Waals surface area contributed by atoms with Crippen LogP contribution < -0.4 is 16.0 Å². The van der Waals surface area contributed by atoms with E-state index in [1.165, 1.54) is 5.56 Å². The normalized spacial score (nSPS) is 23.7. The summed E-state index contributed by atoms with van der Waals surface area (Å²) in [6.07, 6.45) is 5.55. The number of ether oxygens (including phenoxy) is 2. The van der Waals surface area contributed by atoms with Gasteiger partial charge in [-0.1, -0.05) is 30.3 Å². The number of guanidine groups is 1. The van der Waals surface area contributed by atoms with Crippen molar-refractivity contribution in [3.8, 4) is 0 Å². The lowest BCUT2D eigenvalue weighted by atomic mass is 9.86. The zero-order valence-corrected chi connectivity index (χ0v) is 22.6. The van der Waals surface area contributed by atoms with Gasteiger partial charge in [0, 0.05) is 44.4 Å². The number of esters is 1. The molecule has 0 spiro atoms. The number of carbonyl (C=O) groups excluding carboxylic acids is 1. The molecule has 1 atom stereocenters. The third kappa shape index (κ3) is 8.40. The van der Waals surface area contributed by atoms with Crippen LogP contribution in [0.4, 0.5) is 0 Å². The second-order valence-electron chi connectivity index (χ2n) is 9.04. The summed E-state index contributed by atoms with van der Waals surface area (Å²) >= 11 is 0. The van der Waals surface area contributed by atoms with Crippen molar-refractivity contribution >= 4 is 35.9 Å². The minimum Gasteiger partial charge on any atom is -0.466 e. The smallest absolute Gasteiger partial charge is 0.308 e. The van der Waals surface area contributed by atoms with Gasteiger partial charge in [-0.15, -0.1) is 24.0 Å². The van der Waals surface area contributed by atoms with Gasteiger partial charge < -0.3 is 25.4 Å². The van der Waals surface area contributed by atoms with Crippen molar-refractivity contribution in [2.45, 2.75) is 70.0 Å². The minimum absolute atomic E-state index is 0. The van der Waals surface area contributed by atoms with Crippen molar-refractivity contribution in [2.24, 2.45) is 10.9 Å². The van der Waals surface area contributed by atoms with E-state index in [4.69, 9.17) is 9.47 Å². The van der Waals surface area contributed by atoms with E-state index in [9.17, 15) is 4.79 Å². The lowest BCUT2D eigenvalue weighted by Gasteiger charge is -2.41. The summed E-state index contributed by atoms with van der Waals surface area (Å²) in [6, 6.07) is 11.2. The first-order valence-electron chi connectivity index (χ1n) is 12.1. The highest BCUT2D eigenvalue weighted by atomic mass is 127. The van der Waals surface area contributed by atoms with Crippen molar-refractivity contribution in [1.82, 2.24) is 16.0 Å². The molecule has 2 fully saturated rings. The SMILES string of the molecule is CCOC(=O)C1CCC(NC(=NC)NCC2(NC(C)c3ccccc3)CCOCC2)CC1.I. The number of halogens is 1. The Morgan fingerprint density at radius 2 is 1.85 bits per heavy atom. The number of benzene rings is 1. The number of hydrogen-bond acceptors (Lipinski definition) is 5. The molecule has 3 N–H and O–H groups in total. The van der Waals surface area contributed by atoms with Gasteiger partial charge in [-0.05, 0) is 57.9 Å². The van der Waals surface area contributed by atoms with Crippen LogP contribution in [0.3, 0.4) is 0 Å². The summed E-state index contributed by atoms with van der Waals surface area (Å²) in [7, 11) is 1.82. The highest BCUT2D eigenvalue weighted by Crippen LogP contribution is 2.26. The van der Waals surface area contributed by atoms with E-state index in [-0.39, 0.29) is 47.4 Å². The predicted octanol–water partition coefficient (Wildman–Crippen LogP) is 3.79. The van der Waals surface area contributed by atoms with Gasteiger partial charge in [0.05, 0.1) is 12.5 Å². The number of nitrogens with zero attached hydrogens (tertiary/aromatic N) is 1. The second-order valence-corrected chi connectivity index (χ2v) is 9.04. The quantitative estimate of drug-likeness (QED) is 0.190. The number of nitrogens with one attached hydrogen (secondary N) is 3. The summed E-state index contributed by atoms with van der Waals surface area (Å²) in [5, 5.41) is 11.0. The van der Waals surface area contributed by atoms with Crippen LogP contribution in [0.1, 0.15) is 64.0 Å². The zero-order valence-electron chi connectivity index (χ0n) is 20.3. The second kappa shape index (κ2) is 14.1. The van der Waals surface area contributed by atoms with Gasteiger partial charge in [0.25, 0.3) is 0 Å². The van der Waals surface area contributed by atoms with E-state index in [0.717, 1.165) is 64.2 Å². The van der Waals surface area contributed by atoms with E-state index >= 15 is 0 Å². The Hall–Kier alpha value is -1.39. The van der Waals surface area contributed by atoms with Crippen molar-refractivity contribution in [3.63, 3.8) is 0 Å². The maximum atomic E-state index is 12.0. The molecule has 33 heavy (non-hydrogen) atoms. The molecule has 1 saturated carbocycles. The molecule has 0 amide bonds. The molecule has 0 radical (unpaired) electrons. The first-order valence-corrected chi connectivity index (χ1v) is 12.1. The maximum Gasteiger partial charge on any atom is 0.308 e. The average molecular weight is 573 g/mol. The Morgan fingerprint density at radius 3 is 2.45 bits per heavy atom. The molecule has 1 aliphatic carbocycles. The summed E-state index contributed by atoms with van der Waals surface area (Å²) in [5.74, 6) is 0.815. The molecule has 186 valence electrons. The maximum absolute atomic E-state index is 12.0. The molecule has 1 saturated heterocycles. The third-order valence-corrected chi connectivity index (χ3v) is 6.78. The average Bonchev–Trinajstić information content (AvgIpc) is 2.83. The molecular formula is C25H41IN4O3. The van der Waals surface area contributed by atoms with Crippen LogP contribution in [0, 0.1) is 5.92 Å². The molecule has 3 rings (SSSR count).